The van der Waals surface area contributed by atoms with Crippen LogP contribution < -0.4 is 20.3 Å². The van der Waals surface area contributed by atoms with Crippen molar-refractivity contribution in [2.45, 2.75) is 0 Å². The number of nitrogens with one attached hydrogen (secondary N) is 2. The monoisotopic (exact) mass is 358 g/mol. The minimum Gasteiger partial charge on any atom is -0.495 e. The van der Waals surface area contributed by atoms with Crippen molar-refractivity contribution >= 4 is 34.6 Å². The second kappa shape index (κ2) is 7.97. The largest absolute Gasteiger partial charge is 0.495 e. The van der Waals surface area contributed by atoms with E-state index in [1.807, 2.05) is 25.1 Å². The summed E-state index contributed by atoms with van der Waals surface area (Å²) in [6, 6.07) is 10.6. The highest BCUT2D eigenvalue weighted by Gasteiger charge is 2.18. The average Bonchev–Trinajstić information content (AvgIpc) is 2.61. The number of nitrogens with zero attached hydrogens (tertiary/aromatic N) is 2. The van der Waals surface area contributed by atoms with Crippen LogP contribution in [0.5, 0.6) is 5.75 Å². The highest BCUT2D eigenvalue weighted by atomic mass is 16.6. The summed E-state index contributed by atoms with van der Waals surface area (Å²) in [6.45, 7) is 0. The normalized spacial score (nSPS) is 9.96. The third-order valence-corrected chi connectivity index (χ3v) is 3.47. The molecule has 26 heavy (non-hydrogen) atoms. The van der Waals surface area contributed by atoms with E-state index < -0.39 is 16.7 Å². The van der Waals surface area contributed by atoms with E-state index >= 15 is 0 Å². The molecule has 0 heterocycles. The van der Waals surface area contributed by atoms with Gasteiger partial charge in [-0.1, -0.05) is 6.07 Å². The van der Waals surface area contributed by atoms with Crippen molar-refractivity contribution in [1.29, 1.82) is 0 Å². The standard InChI is InChI=1S/C17H18N4O5/c1-20(2)12-6-4-5-11(9-12)18-16(22)17(23)19-14-10-13(21(24)25)7-8-15(14)26-3/h4-10H,1-3H3,(H,18,22)(H,19,23). The van der Waals surface area contributed by atoms with Crippen molar-refractivity contribution in [2.24, 2.45) is 0 Å². The SMILES string of the molecule is COc1ccc([N+](=O)[O-])cc1NC(=O)C(=O)Nc1cccc(N(C)C)c1. The van der Waals surface area contributed by atoms with Crippen molar-refractivity contribution in [3.05, 3.63) is 52.6 Å². The summed E-state index contributed by atoms with van der Waals surface area (Å²) in [4.78, 5) is 36.3. The number of carbonyl (C=O) groups is 2. The van der Waals surface area contributed by atoms with E-state index in [0.717, 1.165) is 11.8 Å². The van der Waals surface area contributed by atoms with E-state index in [2.05, 4.69) is 10.6 Å². The zero-order valence-corrected chi connectivity index (χ0v) is 14.5. The maximum atomic E-state index is 12.1. The minimum absolute atomic E-state index is 0.0314. The number of nitro benzene ring substituents is 1. The van der Waals surface area contributed by atoms with Gasteiger partial charge < -0.3 is 20.3 Å². The molecule has 9 nitrogen and oxygen atoms in total. The first-order valence-corrected chi connectivity index (χ1v) is 7.54. The summed E-state index contributed by atoms with van der Waals surface area (Å²) in [7, 11) is 5.05. The van der Waals surface area contributed by atoms with Gasteiger partial charge in [-0.2, -0.15) is 0 Å². The summed E-state index contributed by atoms with van der Waals surface area (Å²) >= 11 is 0. The van der Waals surface area contributed by atoms with Gasteiger partial charge in [-0.25, -0.2) is 0 Å². The number of amides is 2. The number of anilines is 3. The van der Waals surface area contributed by atoms with E-state index in [1.54, 1.807) is 18.2 Å². The fourth-order valence-corrected chi connectivity index (χ4v) is 2.14. The molecule has 136 valence electrons. The van der Waals surface area contributed by atoms with Crippen LogP contribution in [0.1, 0.15) is 0 Å². The molecule has 0 fully saturated rings. The third kappa shape index (κ3) is 4.47. The molecule has 0 aromatic heterocycles. The molecule has 2 N–H and O–H groups in total. The molecular formula is C17H18N4O5. The quantitative estimate of drug-likeness (QED) is 0.481. The molecule has 2 aromatic carbocycles. The number of benzene rings is 2. The van der Waals surface area contributed by atoms with Gasteiger partial charge in [0.25, 0.3) is 5.69 Å². The van der Waals surface area contributed by atoms with Crippen LogP contribution in [-0.2, 0) is 9.59 Å². The van der Waals surface area contributed by atoms with E-state index in [0.29, 0.717) is 5.69 Å². The van der Waals surface area contributed by atoms with Crippen LogP contribution in [0.3, 0.4) is 0 Å². The molecule has 0 saturated carbocycles. The Labute approximate surface area is 149 Å². The minimum atomic E-state index is -0.973. The van der Waals surface area contributed by atoms with Gasteiger partial charge in [0.2, 0.25) is 0 Å². The number of hydrogen-bond donors (Lipinski definition) is 2. The second-order valence-electron chi connectivity index (χ2n) is 5.49. The first kappa shape index (κ1) is 18.7. The van der Waals surface area contributed by atoms with Gasteiger partial charge in [0.1, 0.15) is 5.75 Å². The molecule has 2 rings (SSSR count). The molecule has 9 heteroatoms. The van der Waals surface area contributed by atoms with Crippen LogP contribution in [0.4, 0.5) is 22.7 Å². The van der Waals surface area contributed by atoms with Crippen molar-refractivity contribution in [1.82, 2.24) is 0 Å². The van der Waals surface area contributed by atoms with E-state index in [1.165, 1.54) is 19.2 Å². The van der Waals surface area contributed by atoms with Gasteiger partial charge in [0, 0.05) is 37.6 Å². The fraction of sp³-hybridized carbons (Fsp3) is 0.176. The van der Waals surface area contributed by atoms with Crippen LogP contribution >= 0.6 is 0 Å². The first-order valence-electron chi connectivity index (χ1n) is 7.54. The van der Waals surface area contributed by atoms with Gasteiger partial charge in [-0.05, 0) is 24.3 Å². The van der Waals surface area contributed by atoms with Crippen LogP contribution in [0.2, 0.25) is 0 Å². The zero-order valence-electron chi connectivity index (χ0n) is 14.5. The van der Waals surface area contributed by atoms with Gasteiger partial charge in [0.05, 0.1) is 17.7 Å². The van der Waals surface area contributed by atoms with Crippen molar-refractivity contribution < 1.29 is 19.2 Å². The number of nitro groups is 1. The smallest absolute Gasteiger partial charge is 0.314 e. The van der Waals surface area contributed by atoms with E-state index in [4.69, 9.17) is 4.74 Å². The maximum Gasteiger partial charge on any atom is 0.314 e. The Hall–Kier alpha value is -3.62. The maximum absolute atomic E-state index is 12.1. The third-order valence-electron chi connectivity index (χ3n) is 3.47. The van der Waals surface area contributed by atoms with E-state index in [-0.39, 0.29) is 17.1 Å². The van der Waals surface area contributed by atoms with Gasteiger partial charge >= 0.3 is 11.8 Å². The number of rotatable bonds is 5. The topological polar surface area (TPSA) is 114 Å². The van der Waals surface area contributed by atoms with Gasteiger partial charge in [0.15, 0.2) is 0 Å². The molecule has 0 atom stereocenters. The van der Waals surface area contributed by atoms with E-state index in [9.17, 15) is 19.7 Å². The lowest BCUT2D eigenvalue weighted by molar-refractivity contribution is -0.384. The second-order valence-corrected chi connectivity index (χ2v) is 5.49. The molecule has 0 aliphatic carbocycles. The summed E-state index contributed by atoms with van der Waals surface area (Å²) in [6.07, 6.45) is 0. The van der Waals surface area contributed by atoms with Crippen LogP contribution in [0.15, 0.2) is 42.5 Å². The molecule has 0 saturated heterocycles. The Bertz CT molecular complexity index is 851. The number of hydrogen-bond acceptors (Lipinski definition) is 6. The highest BCUT2D eigenvalue weighted by Crippen LogP contribution is 2.28. The molecule has 2 aromatic rings. The molecule has 0 bridgehead atoms. The lowest BCUT2D eigenvalue weighted by Crippen LogP contribution is -2.29. The Morgan fingerprint density at radius 3 is 2.38 bits per heavy atom. The Morgan fingerprint density at radius 1 is 1.08 bits per heavy atom. The van der Waals surface area contributed by atoms with Gasteiger partial charge in [-0.3, -0.25) is 19.7 Å². The molecule has 0 radical (unpaired) electrons. The van der Waals surface area contributed by atoms with Crippen LogP contribution in [0.25, 0.3) is 0 Å². The van der Waals surface area contributed by atoms with Crippen molar-refractivity contribution in [3.63, 3.8) is 0 Å². The summed E-state index contributed by atoms with van der Waals surface area (Å²) < 4.78 is 5.05. The lowest BCUT2D eigenvalue weighted by atomic mass is 10.2. The Balaban J connectivity index is 2.14. The predicted molar refractivity (Wildman–Crippen MR) is 97.7 cm³/mol. The predicted octanol–water partition coefficient (Wildman–Crippen LogP) is 2.25. The van der Waals surface area contributed by atoms with Gasteiger partial charge in [-0.15, -0.1) is 0 Å². The first-order chi connectivity index (χ1) is 12.3. The number of non-ortho nitro benzene ring substituents is 1. The lowest BCUT2D eigenvalue weighted by Gasteiger charge is -2.14. The summed E-state index contributed by atoms with van der Waals surface area (Å²) in [5.74, 6) is -1.68. The molecular weight excluding hydrogens is 340 g/mol. The number of carbonyl (C=O) groups excluding carboxylic acids is 2. The molecule has 0 unspecified atom stereocenters. The van der Waals surface area contributed by atoms with Crippen molar-refractivity contribution in [3.8, 4) is 5.75 Å². The Morgan fingerprint density at radius 2 is 1.77 bits per heavy atom. The molecule has 0 spiro atoms. The number of methoxy groups -OCH3 is 1. The molecule has 0 aliphatic heterocycles. The number of ether oxygens (including phenoxy) is 1. The average molecular weight is 358 g/mol. The Kier molecular flexibility index (Phi) is 5.74. The summed E-state index contributed by atoms with van der Waals surface area (Å²) in [5.41, 5.74) is 1.09. The summed E-state index contributed by atoms with van der Waals surface area (Å²) in [5, 5.41) is 15.7. The highest BCUT2D eigenvalue weighted by molar-refractivity contribution is 6.43. The molecule has 2 amide bonds. The fourth-order valence-electron chi connectivity index (χ4n) is 2.14. The zero-order chi connectivity index (χ0) is 19.3. The van der Waals surface area contributed by atoms with Crippen molar-refractivity contribution in [2.75, 3.05) is 36.7 Å². The van der Waals surface area contributed by atoms with Crippen LogP contribution in [0, 0.1) is 10.1 Å². The molecule has 0 aliphatic rings. The van der Waals surface area contributed by atoms with Crippen LogP contribution in [-0.4, -0.2) is 37.9 Å².